The standard InChI is InChI=1S/C20H27N3O6S2/c1-6-23(7-2)31(27,28)19-14-15(12-13-17(19)29-5)20(24)21-16-10-8-9-11-18(16)30(25,26)22(3)4/h8-14H,6-7H2,1-5H3,(H,21,24). The highest BCUT2D eigenvalue weighted by Crippen LogP contribution is 2.29. The maximum absolute atomic E-state index is 13.0. The number of hydrogen-bond donors (Lipinski definition) is 1. The summed E-state index contributed by atoms with van der Waals surface area (Å²) in [7, 11) is -3.56. The molecule has 0 aliphatic heterocycles. The van der Waals surface area contributed by atoms with E-state index in [4.69, 9.17) is 4.74 Å². The summed E-state index contributed by atoms with van der Waals surface area (Å²) in [6, 6.07) is 10.0. The first-order chi connectivity index (χ1) is 14.5. The van der Waals surface area contributed by atoms with Crippen molar-refractivity contribution in [2.45, 2.75) is 23.6 Å². The zero-order valence-electron chi connectivity index (χ0n) is 18.1. The number of benzene rings is 2. The second-order valence-corrected chi connectivity index (χ2v) is 10.7. The summed E-state index contributed by atoms with van der Waals surface area (Å²) in [5.74, 6) is -0.543. The van der Waals surface area contributed by atoms with Crippen LogP contribution in [0.1, 0.15) is 24.2 Å². The minimum Gasteiger partial charge on any atom is -0.495 e. The normalized spacial score (nSPS) is 12.2. The molecule has 0 radical (unpaired) electrons. The molecule has 0 aromatic heterocycles. The molecule has 0 saturated carbocycles. The van der Waals surface area contributed by atoms with E-state index in [2.05, 4.69) is 5.32 Å². The molecule has 1 amide bonds. The second-order valence-electron chi connectivity index (χ2n) is 6.69. The van der Waals surface area contributed by atoms with E-state index in [1.807, 2.05) is 0 Å². The summed E-state index contributed by atoms with van der Waals surface area (Å²) in [6.07, 6.45) is 0. The fourth-order valence-electron chi connectivity index (χ4n) is 2.91. The van der Waals surface area contributed by atoms with Crippen LogP contribution in [0.5, 0.6) is 5.75 Å². The van der Waals surface area contributed by atoms with Gasteiger partial charge in [0, 0.05) is 32.7 Å². The summed E-state index contributed by atoms with van der Waals surface area (Å²) >= 11 is 0. The molecule has 31 heavy (non-hydrogen) atoms. The Morgan fingerprint density at radius 2 is 1.55 bits per heavy atom. The first kappa shape index (κ1) is 24.8. The van der Waals surface area contributed by atoms with Gasteiger partial charge in [0.05, 0.1) is 12.8 Å². The van der Waals surface area contributed by atoms with Crippen LogP contribution in [-0.4, -0.2) is 65.6 Å². The molecule has 2 rings (SSSR count). The first-order valence-electron chi connectivity index (χ1n) is 9.51. The topological polar surface area (TPSA) is 113 Å². The highest BCUT2D eigenvalue weighted by molar-refractivity contribution is 7.89. The number of hydrogen-bond acceptors (Lipinski definition) is 6. The smallest absolute Gasteiger partial charge is 0.255 e. The number of ether oxygens (including phenoxy) is 1. The van der Waals surface area contributed by atoms with Gasteiger partial charge < -0.3 is 10.1 Å². The van der Waals surface area contributed by atoms with Crippen molar-refractivity contribution in [1.29, 1.82) is 0 Å². The van der Waals surface area contributed by atoms with Crippen LogP contribution in [0.4, 0.5) is 5.69 Å². The molecular weight excluding hydrogens is 442 g/mol. The summed E-state index contributed by atoms with van der Waals surface area (Å²) in [5.41, 5.74) is 0.133. The van der Waals surface area contributed by atoms with Crippen molar-refractivity contribution < 1.29 is 26.4 Å². The van der Waals surface area contributed by atoms with Gasteiger partial charge in [-0.3, -0.25) is 4.79 Å². The predicted molar refractivity (Wildman–Crippen MR) is 118 cm³/mol. The van der Waals surface area contributed by atoms with Crippen LogP contribution in [-0.2, 0) is 20.0 Å². The zero-order chi connectivity index (χ0) is 23.4. The van der Waals surface area contributed by atoms with Gasteiger partial charge in [-0.25, -0.2) is 21.1 Å². The Morgan fingerprint density at radius 1 is 0.935 bits per heavy atom. The van der Waals surface area contributed by atoms with Gasteiger partial charge in [-0.2, -0.15) is 4.31 Å². The molecule has 9 nitrogen and oxygen atoms in total. The van der Waals surface area contributed by atoms with Crippen LogP contribution in [0.2, 0.25) is 0 Å². The zero-order valence-corrected chi connectivity index (χ0v) is 19.7. The molecule has 0 heterocycles. The van der Waals surface area contributed by atoms with Gasteiger partial charge in [0.25, 0.3) is 5.91 Å². The number of sulfonamides is 2. The van der Waals surface area contributed by atoms with Gasteiger partial charge in [-0.15, -0.1) is 0 Å². The number of anilines is 1. The van der Waals surface area contributed by atoms with Gasteiger partial charge in [0.1, 0.15) is 15.5 Å². The number of methoxy groups -OCH3 is 1. The molecule has 0 bridgehead atoms. The Balaban J connectivity index is 2.50. The Morgan fingerprint density at radius 3 is 2.10 bits per heavy atom. The third-order valence-electron chi connectivity index (χ3n) is 4.64. The monoisotopic (exact) mass is 469 g/mol. The molecule has 2 aromatic rings. The summed E-state index contributed by atoms with van der Waals surface area (Å²) in [6.45, 7) is 3.95. The number of nitrogens with one attached hydrogen (secondary N) is 1. The molecule has 0 atom stereocenters. The minimum absolute atomic E-state index is 0.0450. The quantitative estimate of drug-likeness (QED) is 0.603. The average molecular weight is 470 g/mol. The maximum atomic E-state index is 13.0. The fourth-order valence-corrected chi connectivity index (χ4v) is 5.59. The van der Waals surface area contributed by atoms with E-state index in [-0.39, 0.29) is 39.9 Å². The molecule has 11 heteroatoms. The van der Waals surface area contributed by atoms with Crippen molar-refractivity contribution in [3.63, 3.8) is 0 Å². The van der Waals surface area contributed by atoms with Crippen molar-refractivity contribution in [1.82, 2.24) is 8.61 Å². The van der Waals surface area contributed by atoms with Gasteiger partial charge in [-0.1, -0.05) is 26.0 Å². The summed E-state index contributed by atoms with van der Waals surface area (Å²) in [5, 5.41) is 2.57. The van der Waals surface area contributed by atoms with Crippen LogP contribution in [0, 0.1) is 0 Å². The lowest BCUT2D eigenvalue weighted by Gasteiger charge is -2.20. The van der Waals surface area contributed by atoms with Gasteiger partial charge in [0.2, 0.25) is 20.0 Å². The number of carbonyl (C=O) groups excluding carboxylic acids is 1. The molecule has 0 saturated heterocycles. The number of rotatable bonds is 9. The van der Waals surface area contributed by atoms with Crippen molar-refractivity contribution in [3.05, 3.63) is 48.0 Å². The average Bonchev–Trinajstić information content (AvgIpc) is 2.74. The lowest BCUT2D eigenvalue weighted by atomic mass is 10.2. The molecule has 0 unspecified atom stereocenters. The third kappa shape index (κ3) is 5.06. The van der Waals surface area contributed by atoms with E-state index in [1.165, 1.54) is 55.8 Å². The van der Waals surface area contributed by atoms with Gasteiger partial charge in [-0.05, 0) is 30.3 Å². The Hall–Kier alpha value is -2.47. The van der Waals surface area contributed by atoms with Crippen LogP contribution >= 0.6 is 0 Å². The molecule has 0 fully saturated rings. The van der Waals surface area contributed by atoms with E-state index in [1.54, 1.807) is 26.0 Å². The molecule has 1 N–H and O–H groups in total. The van der Waals surface area contributed by atoms with E-state index < -0.39 is 26.0 Å². The fraction of sp³-hybridized carbons (Fsp3) is 0.350. The Kier molecular flexibility index (Phi) is 7.82. The number of para-hydroxylation sites is 1. The van der Waals surface area contributed by atoms with Gasteiger partial charge in [0.15, 0.2) is 0 Å². The SMILES string of the molecule is CCN(CC)S(=O)(=O)c1cc(C(=O)Nc2ccccc2S(=O)(=O)N(C)C)ccc1OC. The summed E-state index contributed by atoms with van der Waals surface area (Å²) in [4.78, 5) is 12.7. The van der Waals surface area contributed by atoms with Crippen LogP contribution in [0.3, 0.4) is 0 Å². The largest absolute Gasteiger partial charge is 0.495 e. The number of amides is 1. The van der Waals surface area contributed by atoms with Crippen LogP contribution in [0.15, 0.2) is 52.3 Å². The van der Waals surface area contributed by atoms with E-state index in [9.17, 15) is 21.6 Å². The van der Waals surface area contributed by atoms with E-state index in [0.29, 0.717) is 0 Å². The van der Waals surface area contributed by atoms with Gasteiger partial charge >= 0.3 is 0 Å². The molecule has 0 aliphatic rings. The van der Waals surface area contributed by atoms with Crippen LogP contribution in [0.25, 0.3) is 0 Å². The summed E-state index contributed by atoms with van der Waals surface area (Å²) < 4.78 is 58.6. The third-order valence-corrected chi connectivity index (χ3v) is 8.59. The lowest BCUT2D eigenvalue weighted by molar-refractivity contribution is 0.102. The molecule has 0 spiro atoms. The molecule has 170 valence electrons. The van der Waals surface area contributed by atoms with Crippen molar-refractivity contribution in [2.24, 2.45) is 0 Å². The number of carbonyl (C=O) groups is 1. The Bertz CT molecular complexity index is 1160. The van der Waals surface area contributed by atoms with Crippen molar-refractivity contribution in [2.75, 3.05) is 39.6 Å². The van der Waals surface area contributed by atoms with E-state index in [0.717, 1.165) is 4.31 Å². The highest BCUT2D eigenvalue weighted by atomic mass is 32.2. The van der Waals surface area contributed by atoms with Crippen molar-refractivity contribution in [3.8, 4) is 5.75 Å². The first-order valence-corrected chi connectivity index (χ1v) is 12.4. The predicted octanol–water partition coefficient (Wildman–Crippen LogP) is 2.23. The second kappa shape index (κ2) is 9.77. The molecule has 2 aromatic carbocycles. The number of nitrogens with zero attached hydrogens (tertiary/aromatic N) is 2. The highest BCUT2D eigenvalue weighted by Gasteiger charge is 2.27. The van der Waals surface area contributed by atoms with Crippen molar-refractivity contribution >= 4 is 31.6 Å². The van der Waals surface area contributed by atoms with Crippen LogP contribution < -0.4 is 10.1 Å². The minimum atomic E-state index is -3.89. The Labute approximate surface area is 183 Å². The maximum Gasteiger partial charge on any atom is 0.255 e. The molecule has 0 aliphatic carbocycles. The lowest BCUT2D eigenvalue weighted by Crippen LogP contribution is -2.31. The molecular formula is C20H27N3O6S2. The van der Waals surface area contributed by atoms with E-state index >= 15 is 0 Å².